The standard InChI is InChI=1S/C20H24N8S/c1-12-7-17(27-26-12)24-19-18-16(3-6-29-18)23-20(25-19)22-15-8-13-10-28(5-2-4-21)11-14(13)9-15/h3,6-7,13-15H,2,5,8-11H2,1H3,(H3,22,23,24,25,26,27)/t13-,14+,15-. The minimum absolute atomic E-state index is 0.402. The summed E-state index contributed by atoms with van der Waals surface area (Å²) in [6, 6.07) is 6.65. The molecule has 0 bridgehead atoms. The zero-order valence-electron chi connectivity index (χ0n) is 16.4. The lowest BCUT2D eigenvalue weighted by Gasteiger charge is -2.18. The lowest BCUT2D eigenvalue weighted by atomic mass is 10.0. The van der Waals surface area contributed by atoms with Gasteiger partial charge in [-0.1, -0.05) is 0 Å². The van der Waals surface area contributed by atoms with Crippen molar-refractivity contribution in [3.8, 4) is 6.07 Å². The zero-order chi connectivity index (χ0) is 19.8. The molecule has 5 rings (SSSR count). The number of anilines is 3. The fraction of sp³-hybridized carbons (Fsp3) is 0.500. The SMILES string of the molecule is Cc1cc(Nc2nc(N[C@@H]3C[C@@H]4CN(CCC#N)C[C@@H]4C3)nc3ccsc23)n[nH]1. The molecule has 0 amide bonds. The molecule has 3 atom stereocenters. The van der Waals surface area contributed by atoms with Crippen LogP contribution < -0.4 is 10.6 Å². The minimum Gasteiger partial charge on any atom is -0.351 e. The maximum atomic E-state index is 8.80. The van der Waals surface area contributed by atoms with Crippen molar-refractivity contribution in [1.29, 1.82) is 5.26 Å². The van der Waals surface area contributed by atoms with Crippen LogP contribution in [0.3, 0.4) is 0 Å². The Labute approximate surface area is 173 Å². The Morgan fingerprint density at radius 3 is 2.86 bits per heavy atom. The van der Waals surface area contributed by atoms with E-state index >= 15 is 0 Å². The van der Waals surface area contributed by atoms with E-state index in [0.29, 0.717) is 30.2 Å². The van der Waals surface area contributed by atoms with Crippen LogP contribution in [-0.2, 0) is 0 Å². The van der Waals surface area contributed by atoms with E-state index in [1.807, 2.05) is 24.4 Å². The number of nitriles is 1. The first kappa shape index (κ1) is 18.3. The third-order valence-corrected chi connectivity index (χ3v) is 6.87. The van der Waals surface area contributed by atoms with Gasteiger partial charge in [0.2, 0.25) is 5.95 Å². The molecule has 150 valence electrons. The highest BCUT2D eigenvalue weighted by molar-refractivity contribution is 7.17. The van der Waals surface area contributed by atoms with Gasteiger partial charge in [0.05, 0.1) is 16.3 Å². The summed E-state index contributed by atoms with van der Waals surface area (Å²) in [5, 5.41) is 25.0. The number of fused-ring (bicyclic) bond motifs is 2. The van der Waals surface area contributed by atoms with Crippen LogP contribution in [0.1, 0.15) is 25.0 Å². The maximum Gasteiger partial charge on any atom is 0.225 e. The molecule has 9 heteroatoms. The van der Waals surface area contributed by atoms with Crippen molar-refractivity contribution in [2.24, 2.45) is 11.8 Å². The van der Waals surface area contributed by atoms with Crippen molar-refractivity contribution in [3.05, 3.63) is 23.2 Å². The number of H-pyrrole nitrogens is 1. The molecule has 0 aromatic carbocycles. The third kappa shape index (κ3) is 3.78. The van der Waals surface area contributed by atoms with Gasteiger partial charge in [0, 0.05) is 43.9 Å². The first-order chi connectivity index (χ1) is 14.2. The van der Waals surface area contributed by atoms with Gasteiger partial charge in [-0.2, -0.15) is 15.3 Å². The molecule has 3 N–H and O–H groups in total. The summed E-state index contributed by atoms with van der Waals surface area (Å²) < 4.78 is 1.03. The number of rotatable bonds is 6. The van der Waals surface area contributed by atoms with Gasteiger partial charge in [-0.25, -0.2) is 4.98 Å². The molecule has 2 aliphatic rings. The Hall–Kier alpha value is -2.70. The number of aromatic nitrogens is 4. The first-order valence-electron chi connectivity index (χ1n) is 10.1. The normalized spacial score (nSPS) is 23.9. The minimum atomic E-state index is 0.402. The molecule has 1 aliphatic heterocycles. The third-order valence-electron chi connectivity index (χ3n) is 5.96. The van der Waals surface area contributed by atoms with Crippen LogP contribution in [0.15, 0.2) is 17.5 Å². The Morgan fingerprint density at radius 2 is 2.14 bits per heavy atom. The van der Waals surface area contributed by atoms with E-state index in [4.69, 9.17) is 15.2 Å². The Kier molecular flexibility index (Phi) is 4.81. The topological polar surface area (TPSA) is 106 Å². The quantitative estimate of drug-likeness (QED) is 0.573. The van der Waals surface area contributed by atoms with E-state index in [0.717, 1.165) is 60.0 Å². The fourth-order valence-electron chi connectivity index (χ4n) is 4.70. The van der Waals surface area contributed by atoms with Gasteiger partial charge in [0.25, 0.3) is 0 Å². The van der Waals surface area contributed by atoms with E-state index in [2.05, 4.69) is 31.8 Å². The summed E-state index contributed by atoms with van der Waals surface area (Å²) in [6.07, 6.45) is 2.90. The van der Waals surface area contributed by atoms with Crippen molar-refractivity contribution in [2.75, 3.05) is 30.3 Å². The molecule has 3 aromatic rings. The molecular weight excluding hydrogens is 384 g/mol. The van der Waals surface area contributed by atoms with Crippen molar-refractivity contribution in [1.82, 2.24) is 25.1 Å². The predicted molar refractivity (Wildman–Crippen MR) is 114 cm³/mol. The van der Waals surface area contributed by atoms with Crippen LogP contribution in [0.2, 0.25) is 0 Å². The van der Waals surface area contributed by atoms with Crippen molar-refractivity contribution in [3.63, 3.8) is 0 Å². The second-order valence-corrected chi connectivity index (χ2v) is 9.01. The molecule has 1 saturated heterocycles. The molecule has 0 unspecified atom stereocenters. The average Bonchev–Trinajstić information content (AvgIpc) is 3.44. The highest BCUT2D eigenvalue weighted by Crippen LogP contribution is 2.39. The summed E-state index contributed by atoms with van der Waals surface area (Å²) in [4.78, 5) is 11.9. The summed E-state index contributed by atoms with van der Waals surface area (Å²) in [7, 11) is 0. The van der Waals surface area contributed by atoms with Gasteiger partial charge in [-0.05, 0) is 43.0 Å². The summed E-state index contributed by atoms with van der Waals surface area (Å²) in [5.41, 5.74) is 1.95. The molecule has 3 aromatic heterocycles. The van der Waals surface area contributed by atoms with Crippen LogP contribution in [-0.4, -0.2) is 50.7 Å². The van der Waals surface area contributed by atoms with Crippen LogP contribution >= 0.6 is 11.3 Å². The number of aryl methyl sites for hydroxylation is 1. The maximum absolute atomic E-state index is 8.80. The summed E-state index contributed by atoms with van der Waals surface area (Å²) >= 11 is 1.63. The van der Waals surface area contributed by atoms with Crippen LogP contribution in [0.5, 0.6) is 0 Å². The molecule has 2 fully saturated rings. The van der Waals surface area contributed by atoms with Gasteiger partial charge in [-0.15, -0.1) is 11.3 Å². The van der Waals surface area contributed by atoms with Crippen molar-refractivity contribution < 1.29 is 0 Å². The lowest BCUT2D eigenvalue weighted by molar-refractivity contribution is 0.315. The number of likely N-dealkylation sites (tertiary alicyclic amines) is 1. The van der Waals surface area contributed by atoms with Gasteiger partial charge < -0.3 is 15.5 Å². The average molecular weight is 409 g/mol. The van der Waals surface area contributed by atoms with Crippen molar-refractivity contribution >= 4 is 39.1 Å². The number of nitrogens with one attached hydrogen (secondary N) is 3. The van der Waals surface area contributed by atoms with Crippen LogP contribution in [0.4, 0.5) is 17.6 Å². The largest absolute Gasteiger partial charge is 0.351 e. The lowest BCUT2D eigenvalue weighted by Crippen LogP contribution is -2.26. The summed E-state index contributed by atoms with van der Waals surface area (Å²) in [6.45, 7) is 5.10. The van der Waals surface area contributed by atoms with E-state index in [1.165, 1.54) is 0 Å². The van der Waals surface area contributed by atoms with Crippen molar-refractivity contribution in [2.45, 2.75) is 32.2 Å². The van der Waals surface area contributed by atoms with Crippen LogP contribution in [0.25, 0.3) is 10.2 Å². The molecule has 0 radical (unpaired) electrons. The monoisotopic (exact) mass is 408 g/mol. The smallest absolute Gasteiger partial charge is 0.225 e. The van der Waals surface area contributed by atoms with Crippen LogP contribution in [0, 0.1) is 30.1 Å². The Bertz CT molecular complexity index is 1040. The number of hydrogen-bond acceptors (Lipinski definition) is 8. The van der Waals surface area contributed by atoms with Gasteiger partial charge in [-0.3, -0.25) is 5.10 Å². The molecule has 1 saturated carbocycles. The number of thiophene rings is 1. The highest BCUT2D eigenvalue weighted by Gasteiger charge is 2.40. The number of aromatic amines is 1. The van der Waals surface area contributed by atoms with Gasteiger partial charge >= 0.3 is 0 Å². The predicted octanol–water partition coefficient (Wildman–Crippen LogP) is 3.50. The number of hydrogen-bond donors (Lipinski definition) is 3. The molecule has 0 spiro atoms. The highest BCUT2D eigenvalue weighted by atomic mass is 32.1. The van der Waals surface area contributed by atoms with Gasteiger partial charge in [0.1, 0.15) is 0 Å². The van der Waals surface area contributed by atoms with Gasteiger partial charge in [0.15, 0.2) is 11.6 Å². The van der Waals surface area contributed by atoms with E-state index in [-0.39, 0.29) is 0 Å². The summed E-state index contributed by atoms with van der Waals surface area (Å²) in [5.74, 6) is 3.65. The first-order valence-corrected chi connectivity index (χ1v) is 11.0. The molecule has 1 aliphatic carbocycles. The Balaban J connectivity index is 1.29. The van der Waals surface area contributed by atoms with E-state index in [1.54, 1.807) is 11.3 Å². The molecular formula is C20H24N8S. The zero-order valence-corrected chi connectivity index (χ0v) is 17.2. The number of nitrogens with zero attached hydrogens (tertiary/aromatic N) is 5. The molecule has 4 heterocycles. The second kappa shape index (κ2) is 7.61. The van der Waals surface area contributed by atoms with E-state index < -0.39 is 0 Å². The van der Waals surface area contributed by atoms with E-state index in [9.17, 15) is 0 Å². The second-order valence-electron chi connectivity index (χ2n) is 8.09. The fourth-order valence-corrected chi connectivity index (χ4v) is 5.48. The Morgan fingerprint density at radius 1 is 1.31 bits per heavy atom. The molecule has 29 heavy (non-hydrogen) atoms. The molecule has 8 nitrogen and oxygen atoms in total.